The zero-order valence-electron chi connectivity index (χ0n) is 17.8. The maximum absolute atomic E-state index is 13.2. The number of nitrogens with zero attached hydrogens (tertiary/aromatic N) is 2. The Balaban J connectivity index is 1.97. The molecule has 3 rings (SSSR count). The summed E-state index contributed by atoms with van der Waals surface area (Å²) >= 11 is 0. The topological polar surface area (TPSA) is 87.2 Å². The van der Waals surface area contributed by atoms with E-state index >= 15 is 0 Å². The van der Waals surface area contributed by atoms with Crippen LogP contribution in [0, 0.1) is 5.92 Å². The highest BCUT2D eigenvalue weighted by Gasteiger charge is 2.40. The number of ether oxygens (including phenoxy) is 1. The molecule has 0 spiro atoms. The molecule has 0 aromatic heterocycles. The van der Waals surface area contributed by atoms with Gasteiger partial charge in [-0.25, -0.2) is 0 Å². The van der Waals surface area contributed by atoms with Crippen molar-refractivity contribution in [3.05, 3.63) is 71.9 Å². The van der Waals surface area contributed by atoms with Crippen molar-refractivity contribution in [2.24, 2.45) is 5.92 Å². The number of amides is 2. The fourth-order valence-electron chi connectivity index (χ4n) is 3.59. The third-order valence-corrected chi connectivity index (χ3v) is 5.04. The molecular weight excluding hydrogens is 396 g/mol. The third-order valence-electron chi connectivity index (χ3n) is 5.04. The largest absolute Gasteiger partial charge is 0.489 e. The lowest BCUT2D eigenvalue weighted by atomic mass is 9.97. The number of carbonyl (C=O) groups excluding carboxylic acids is 2. The van der Waals surface area contributed by atoms with Crippen LogP contribution in [0.25, 0.3) is 5.70 Å². The van der Waals surface area contributed by atoms with Gasteiger partial charge in [0.2, 0.25) is 5.91 Å². The van der Waals surface area contributed by atoms with Gasteiger partial charge in [-0.3, -0.25) is 19.3 Å². The molecule has 2 aromatic carbocycles. The van der Waals surface area contributed by atoms with Gasteiger partial charge < -0.3 is 14.7 Å². The van der Waals surface area contributed by atoms with E-state index < -0.39 is 24.5 Å². The van der Waals surface area contributed by atoms with Crippen molar-refractivity contribution >= 4 is 23.5 Å². The average molecular weight is 422 g/mol. The zero-order chi connectivity index (χ0) is 22.5. The van der Waals surface area contributed by atoms with E-state index in [0.29, 0.717) is 23.6 Å². The van der Waals surface area contributed by atoms with Crippen molar-refractivity contribution in [1.29, 1.82) is 0 Å². The van der Waals surface area contributed by atoms with E-state index in [4.69, 9.17) is 4.74 Å². The van der Waals surface area contributed by atoms with Gasteiger partial charge in [-0.15, -0.1) is 0 Å². The number of hydrogen-bond acceptors (Lipinski definition) is 4. The number of carboxylic acids is 1. The smallest absolute Gasteiger partial charge is 0.323 e. The third kappa shape index (κ3) is 5.12. The monoisotopic (exact) mass is 422 g/mol. The van der Waals surface area contributed by atoms with Gasteiger partial charge in [0.15, 0.2) is 0 Å². The van der Waals surface area contributed by atoms with Crippen LogP contribution in [0.15, 0.2) is 60.8 Å². The Morgan fingerprint density at radius 3 is 2.42 bits per heavy atom. The molecule has 1 atom stereocenters. The van der Waals surface area contributed by atoms with Gasteiger partial charge in [0.25, 0.3) is 5.91 Å². The SMILES string of the molecule is CC(=O)N1C=C(c2cccc(OCc3ccccc3)c2)N(CC(=O)O)C(=O)[C@H]1C(C)C. The Morgan fingerprint density at radius 2 is 1.81 bits per heavy atom. The van der Waals surface area contributed by atoms with Crippen LogP contribution in [0.4, 0.5) is 0 Å². The van der Waals surface area contributed by atoms with E-state index in [1.54, 1.807) is 30.5 Å². The van der Waals surface area contributed by atoms with E-state index in [1.165, 1.54) is 16.7 Å². The van der Waals surface area contributed by atoms with Gasteiger partial charge in [-0.2, -0.15) is 0 Å². The summed E-state index contributed by atoms with van der Waals surface area (Å²) < 4.78 is 5.87. The minimum atomic E-state index is -1.13. The van der Waals surface area contributed by atoms with Crippen LogP contribution in [-0.4, -0.2) is 45.3 Å². The van der Waals surface area contributed by atoms with Gasteiger partial charge in [-0.1, -0.05) is 56.3 Å². The second kappa shape index (κ2) is 9.47. The van der Waals surface area contributed by atoms with Crippen molar-refractivity contribution in [1.82, 2.24) is 9.80 Å². The normalized spacial score (nSPS) is 16.3. The van der Waals surface area contributed by atoms with E-state index in [2.05, 4.69) is 0 Å². The van der Waals surface area contributed by atoms with Gasteiger partial charge in [0.1, 0.15) is 24.9 Å². The first kappa shape index (κ1) is 22.1. The zero-order valence-corrected chi connectivity index (χ0v) is 17.8. The fraction of sp³-hybridized carbons (Fsp3) is 0.292. The van der Waals surface area contributed by atoms with Crippen LogP contribution in [0.5, 0.6) is 5.75 Å². The van der Waals surface area contributed by atoms with E-state index in [9.17, 15) is 19.5 Å². The summed E-state index contributed by atoms with van der Waals surface area (Å²) in [4.78, 5) is 39.5. The molecule has 7 heteroatoms. The van der Waals surface area contributed by atoms with Crippen LogP contribution >= 0.6 is 0 Å². The number of carboxylic acid groups (broad SMARTS) is 1. The summed E-state index contributed by atoms with van der Waals surface area (Å²) in [6, 6.07) is 16.0. The first-order valence-electron chi connectivity index (χ1n) is 10.1. The second-order valence-electron chi connectivity index (χ2n) is 7.75. The molecule has 1 aliphatic rings. The average Bonchev–Trinajstić information content (AvgIpc) is 2.73. The second-order valence-corrected chi connectivity index (χ2v) is 7.75. The molecule has 1 aliphatic heterocycles. The fourth-order valence-corrected chi connectivity index (χ4v) is 3.59. The van der Waals surface area contributed by atoms with Crippen molar-refractivity contribution in [3.63, 3.8) is 0 Å². The van der Waals surface area contributed by atoms with Crippen LogP contribution in [0.1, 0.15) is 31.9 Å². The summed E-state index contributed by atoms with van der Waals surface area (Å²) in [7, 11) is 0. The first-order valence-corrected chi connectivity index (χ1v) is 10.1. The van der Waals surface area contributed by atoms with E-state index in [1.807, 2.05) is 44.2 Å². The summed E-state index contributed by atoms with van der Waals surface area (Å²) in [6.45, 7) is 4.93. The molecule has 162 valence electrons. The molecule has 2 amide bonds. The van der Waals surface area contributed by atoms with Crippen molar-refractivity contribution < 1.29 is 24.2 Å². The summed E-state index contributed by atoms with van der Waals surface area (Å²) in [5.41, 5.74) is 1.95. The number of aliphatic carboxylic acids is 1. The molecule has 0 fully saturated rings. The van der Waals surface area contributed by atoms with Gasteiger partial charge in [0.05, 0.1) is 5.70 Å². The van der Waals surface area contributed by atoms with Crippen LogP contribution in [-0.2, 0) is 21.0 Å². The minimum absolute atomic E-state index is 0.175. The number of benzene rings is 2. The summed E-state index contributed by atoms with van der Waals surface area (Å²) in [5.74, 6) is -1.43. The number of rotatable bonds is 7. The van der Waals surface area contributed by atoms with Crippen molar-refractivity contribution in [2.45, 2.75) is 33.4 Å². The first-order chi connectivity index (χ1) is 14.8. The predicted molar refractivity (Wildman–Crippen MR) is 116 cm³/mol. The molecule has 31 heavy (non-hydrogen) atoms. The van der Waals surface area contributed by atoms with Gasteiger partial charge >= 0.3 is 5.97 Å². The molecule has 0 saturated heterocycles. The molecule has 1 N–H and O–H groups in total. The van der Waals surface area contributed by atoms with Gasteiger partial charge in [-0.05, 0) is 23.6 Å². The maximum Gasteiger partial charge on any atom is 0.323 e. The number of carbonyl (C=O) groups is 3. The Bertz CT molecular complexity index is 1000. The lowest BCUT2D eigenvalue weighted by Crippen LogP contribution is -2.55. The van der Waals surface area contributed by atoms with Crippen LogP contribution in [0.2, 0.25) is 0 Å². The van der Waals surface area contributed by atoms with E-state index in [0.717, 1.165) is 5.56 Å². The molecule has 1 heterocycles. The lowest BCUT2D eigenvalue weighted by Gasteiger charge is -2.40. The predicted octanol–water partition coefficient (Wildman–Crippen LogP) is 3.36. The maximum atomic E-state index is 13.2. The molecule has 7 nitrogen and oxygen atoms in total. The lowest BCUT2D eigenvalue weighted by molar-refractivity contribution is -0.148. The molecule has 0 radical (unpaired) electrons. The molecule has 0 unspecified atom stereocenters. The Kier molecular flexibility index (Phi) is 6.74. The summed E-state index contributed by atoms with van der Waals surface area (Å²) in [6.07, 6.45) is 1.56. The molecule has 0 aliphatic carbocycles. The number of hydrogen-bond donors (Lipinski definition) is 1. The van der Waals surface area contributed by atoms with Crippen LogP contribution < -0.4 is 4.74 Å². The highest BCUT2D eigenvalue weighted by Crippen LogP contribution is 2.31. The Labute approximate surface area is 181 Å². The van der Waals surface area contributed by atoms with Gasteiger partial charge in [0, 0.05) is 18.7 Å². The van der Waals surface area contributed by atoms with Crippen LogP contribution in [0.3, 0.4) is 0 Å². The Hall–Kier alpha value is -3.61. The quantitative estimate of drug-likeness (QED) is 0.739. The highest BCUT2D eigenvalue weighted by atomic mass is 16.5. The highest BCUT2D eigenvalue weighted by molar-refractivity contribution is 5.98. The molecule has 0 saturated carbocycles. The molecule has 2 aromatic rings. The summed E-state index contributed by atoms with van der Waals surface area (Å²) in [5, 5.41) is 9.39. The van der Waals surface area contributed by atoms with Crippen molar-refractivity contribution in [2.75, 3.05) is 6.54 Å². The standard InChI is InChI=1S/C24H26N2O5/c1-16(2)23-24(30)26(14-22(28)29)21(13-25(23)17(3)27)19-10-7-11-20(12-19)31-15-18-8-5-4-6-9-18/h4-13,16,23H,14-15H2,1-3H3,(H,28,29)/t23-/m1/s1. The molecular formula is C24H26N2O5. The Morgan fingerprint density at radius 1 is 1.10 bits per heavy atom. The van der Waals surface area contributed by atoms with Crippen molar-refractivity contribution in [3.8, 4) is 5.75 Å². The van der Waals surface area contributed by atoms with E-state index in [-0.39, 0.29) is 11.8 Å². The molecule has 0 bridgehead atoms. The minimum Gasteiger partial charge on any atom is -0.489 e.